The van der Waals surface area contributed by atoms with Crippen LogP contribution in [0.3, 0.4) is 0 Å². The minimum absolute atomic E-state index is 0.148. The average Bonchev–Trinajstić information content (AvgIpc) is 2.21. The number of rotatable bonds is 2. The topological polar surface area (TPSA) is 46.3 Å². The van der Waals surface area contributed by atoms with Crippen molar-refractivity contribution in [2.24, 2.45) is 17.1 Å². The minimum atomic E-state index is -0.236. The van der Waals surface area contributed by atoms with Crippen LogP contribution in [0.1, 0.15) is 40.5 Å². The molecule has 1 aliphatic rings. The van der Waals surface area contributed by atoms with Gasteiger partial charge in [-0.1, -0.05) is 27.7 Å². The molecule has 1 fully saturated rings. The molecule has 0 radical (unpaired) electrons. The van der Waals surface area contributed by atoms with Gasteiger partial charge in [-0.15, -0.1) is 0 Å². The highest BCUT2D eigenvalue weighted by atomic mass is 16.2. The van der Waals surface area contributed by atoms with Crippen molar-refractivity contribution in [2.45, 2.75) is 46.6 Å². The fraction of sp³-hybridized carbons (Fsp3) is 0.917. The number of piperidine rings is 1. The summed E-state index contributed by atoms with van der Waals surface area (Å²) in [5.74, 6) is 0.797. The molecule has 1 heterocycles. The second kappa shape index (κ2) is 4.52. The summed E-state index contributed by atoms with van der Waals surface area (Å²) < 4.78 is 0. The molecular formula is C12H24N2O. The molecule has 0 saturated carbocycles. The van der Waals surface area contributed by atoms with Crippen LogP contribution in [0.2, 0.25) is 0 Å². The van der Waals surface area contributed by atoms with Gasteiger partial charge in [0.15, 0.2) is 0 Å². The lowest BCUT2D eigenvalue weighted by atomic mass is 9.86. The van der Waals surface area contributed by atoms with Crippen molar-refractivity contribution in [3.63, 3.8) is 0 Å². The average molecular weight is 212 g/mol. The van der Waals surface area contributed by atoms with Gasteiger partial charge in [-0.2, -0.15) is 0 Å². The lowest BCUT2D eigenvalue weighted by Crippen LogP contribution is -2.52. The molecule has 1 saturated heterocycles. The van der Waals surface area contributed by atoms with E-state index in [1.54, 1.807) is 0 Å². The summed E-state index contributed by atoms with van der Waals surface area (Å²) in [5.41, 5.74) is 5.76. The highest BCUT2D eigenvalue weighted by Gasteiger charge is 2.34. The van der Waals surface area contributed by atoms with Gasteiger partial charge in [-0.25, -0.2) is 0 Å². The van der Waals surface area contributed by atoms with Crippen LogP contribution in [0.15, 0.2) is 0 Å². The van der Waals surface area contributed by atoms with Gasteiger partial charge in [0.25, 0.3) is 0 Å². The number of amides is 1. The zero-order chi connectivity index (χ0) is 11.6. The van der Waals surface area contributed by atoms with Crippen molar-refractivity contribution >= 4 is 5.91 Å². The second-order valence-corrected chi connectivity index (χ2v) is 5.42. The highest BCUT2D eigenvalue weighted by Crippen LogP contribution is 2.26. The standard InChI is InChI=1S/C12H24N2O/c1-5-12(3,4)11(15)14-7-6-9(2)10(13)8-14/h9-10H,5-8,13H2,1-4H3. The molecule has 0 aromatic rings. The molecule has 0 aromatic carbocycles. The van der Waals surface area contributed by atoms with Crippen LogP contribution < -0.4 is 5.73 Å². The summed E-state index contributed by atoms with van der Waals surface area (Å²) in [6.07, 6.45) is 1.92. The molecule has 3 heteroatoms. The van der Waals surface area contributed by atoms with Crippen molar-refractivity contribution in [1.29, 1.82) is 0 Å². The lowest BCUT2D eigenvalue weighted by molar-refractivity contribution is -0.142. The zero-order valence-corrected chi connectivity index (χ0v) is 10.4. The van der Waals surface area contributed by atoms with E-state index in [9.17, 15) is 4.79 Å². The van der Waals surface area contributed by atoms with Gasteiger partial charge in [-0.3, -0.25) is 4.79 Å². The van der Waals surface area contributed by atoms with Crippen LogP contribution in [-0.4, -0.2) is 29.9 Å². The Labute approximate surface area is 93.0 Å². The summed E-state index contributed by atoms with van der Waals surface area (Å²) in [6.45, 7) is 9.85. The molecule has 0 spiro atoms. The predicted octanol–water partition coefficient (Wildman–Crippen LogP) is 1.62. The number of likely N-dealkylation sites (tertiary alicyclic amines) is 1. The van der Waals surface area contributed by atoms with Gasteiger partial charge in [0, 0.05) is 24.5 Å². The maximum atomic E-state index is 12.2. The van der Waals surface area contributed by atoms with E-state index in [0.717, 1.165) is 25.9 Å². The normalized spacial score (nSPS) is 27.9. The summed E-state index contributed by atoms with van der Waals surface area (Å²) >= 11 is 0. The van der Waals surface area contributed by atoms with E-state index in [-0.39, 0.29) is 17.4 Å². The van der Waals surface area contributed by atoms with E-state index in [2.05, 4.69) is 13.8 Å². The molecule has 1 rings (SSSR count). The number of hydrogen-bond donors (Lipinski definition) is 1. The lowest BCUT2D eigenvalue weighted by Gasteiger charge is -2.39. The smallest absolute Gasteiger partial charge is 0.228 e. The quantitative estimate of drug-likeness (QED) is 0.756. The van der Waals surface area contributed by atoms with Crippen LogP contribution in [0, 0.1) is 11.3 Å². The largest absolute Gasteiger partial charge is 0.341 e. The third-order valence-electron chi connectivity index (χ3n) is 3.77. The summed E-state index contributed by atoms with van der Waals surface area (Å²) in [5, 5.41) is 0. The fourth-order valence-electron chi connectivity index (χ4n) is 1.86. The highest BCUT2D eigenvalue weighted by molar-refractivity contribution is 5.82. The number of hydrogen-bond acceptors (Lipinski definition) is 2. The Hall–Kier alpha value is -0.570. The zero-order valence-electron chi connectivity index (χ0n) is 10.4. The molecule has 1 aliphatic heterocycles. The Morgan fingerprint density at radius 1 is 1.53 bits per heavy atom. The Bertz CT molecular complexity index is 238. The van der Waals surface area contributed by atoms with Crippen molar-refractivity contribution < 1.29 is 4.79 Å². The van der Waals surface area contributed by atoms with Crippen LogP contribution in [-0.2, 0) is 4.79 Å². The Balaban J connectivity index is 2.62. The molecule has 0 aliphatic carbocycles. The molecule has 1 amide bonds. The van der Waals surface area contributed by atoms with Crippen LogP contribution in [0.5, 0.6) is 0 Å². The monoisotopic (exact) mass is 212 g/mol. The summed E-state index contributed by atoms with van der Waals surface area (Å²) in [7, 11) is 0. The summed E-state index contributed by atoms with van der Waals surface area (Å²) in [4.78, 5) is 14.1. The van der Waals surface area contributed by atoms with E-state index in [1.807, 2.05) is 18.7 Å². The number of nitrogens with zero attached hydrogens (tertiary/aromatic N) is 1. The first kappa shape index (κ1) is 12.5. The van der Waals surface area contributed by atoms with Crippen molar-refractivity contribution in [1.82, 2.24) is 4.90 Å². The number of nitrogens with two attached hydrogens (primary N) is 1. The van der Waals surface area contributed by atoms with E-state index < -0.39 is 0 Å². The Kier molecular flexibility index (Phi) is 3.77. The predicted molar refractivity (Wildman–Crippen MR) is 62.4 cm³/mol. The SMILES string of the molecule is CCC(C)(C)C(=O)N1CCC(C)C(N)C1. The molecule has 2 N–H and O–H groups in total. The van der Waals surface area contributed by atoms with Gasteiger partial charge in [0.05, 0.1) is 0 Å². The van der Waals surface area contributed by atoms with Gasteiger partial charge in [0.1, 0.15) is 0 Å². The van der Waals surface area contributed by atoms with Gasteiger partial charge in [-0.05, 0) is 18.8 Å². The summed E-state index contributed by atoms with van der Waals surface area (Å²) in [6, 6.07) is 0.148. The molecule has 0 aromatic heterocycles. The third kappa shape index (κ3) is 2.71. The molecular weight excluding hydrogens is 188 g/mol. The first-order chi connectivity index (χ1) is 6.88. The van der Waals surface area contributed by atoms with Gasteiger partial charge >= 0.3 is 0 Å². The van der Waals surface area contributed by atoms with E-state index in [4.69, 9.17) is 5.73 Å². The van der Waals surface area contributed by atoms with Crippen molar-refractivity contribution in [2.75, 3.05) is 13.1 Å². The van der Waals surface area contributed by atoms with E-state index in [0.29, 0.717) is 5.92 Å². The van der Waals surface area contributed by atoms with Crippen LogP contribution in [0.4, 0.5) is 0 Å². The maximum Gasteiger partial charge on any atom is 0.228 e. The number of carbonyl (C=O) groups is 1. The van der Waals surface area contributed by atoms with E-state index >= 15 is 0 Å². The van der Waals surface area contributed by atoms with Crippen molar-refractivity contribution in [3.8, 4) is 0 Å². The van der Waals surface area contributed by atoms with Gasteiger partial charge < -0.3 is 10.6 Å². The molecule has 0 bridgehead atoms. The van der Waals surface area contributed by atoms with Crippen molar-refractivity contribution in [3.05, 3.63) is 0 Å². The van der Waals surface area contributed by atoms with Gasteiger partial charge in [0.2, 0.25) is 5.91 Å². The van der Waals surface area contributed by atoms with Crippen LogP contribution in [0.25, 0.3) is 0 Å². The Morgan fingerprint density at radius 2 is 2.13 bits per heavy atom. The van der Waals surface area contributed by atoms with Crippen LogP contribution >= 0.6 is 0 Å². The Morgan fingerprint density at radius 3 is 2.60 bits per heavy atom. The molecule has 15 heavy (non-hydrogen) atoms. The molecule has 2 atom stereocenters. The second-order valence-electron chi connectivity index (χ2n) is 5.42. The third-order valence-corrected chi connectivity index (χ3v) is 3.77. The molecule has 3 nitrogen and oxygen atoms in total. The molecule has 88 valence electrons. The fourth-order valence-corrected chi connectivity index (χ4v) is 1.86. The first-order valence-corrected chi connectivity index (χ1v) is 5.93. The first-order valence-electron chi connectivity index (χ1n) is 5.93. The minimum Gasteiger partial charge on any atom is -0.341 e. The molecule has 2 unspecified atom stereocenters. The van der Waals surface area contributed by atoms with E-state index in [1.165, 1.54) is 0 Å². The number of carbonyl (C=O) groups excluding carboxylic acids is 1. The maximum absolute atomic E-state index is 12.2.